The first-order valence-corrected chi connectivity index (χ1v) is 7.47. The minimum Gasteiger partial charge on any atom is -0.380 e. The number of hydrogen-bond acceptors (Lipinski definition) is 2. The summed E-state index contributed by atoms with van der Waals surface area (Å²) in [6.45, 7) is 2.08. The monoisotopic (exact) mass is 273 g/mol. The summed E-state index contributed by atoms with van der Waals surface area (Å²) in [7, 11) is 0. The maximum absolute atomic E-state index is 14.4. The van der Waals surface area contributed by atoms with Crippen LogP contribution in [0.1, 0.15) is 18.1 Å². The molecule has 1 nitrogen and oxygen atoms in total. The number of hydrogen-bond donors (Lipinski definition) is 1. The van der Waals surface area contributed by atoms with Crippen molar-refractivity contribution in [1.29, 1.82) is 0 Å². The van der Waals surface area contributed by atoms with Crippen molar-refractivity contribution in [1.82, 2.24) is 0 Å². The molecule has 0 saturated carbocycles. The summed E-state index contributed by atoms with van der Waals surface area (Å²) in [5, 5.41) is 3.22. The number of thioether (sulfide) groups is 1. The molecule has 3 rings (SSSR count). The number of anilines is 1. The molecule has 3 heteroatoms. The Balaban J connectivity index is 1.78. The molecule has 0 aromatic heterocycles. The number of rotatable bonds is 3. The van der Waals surface area contributed by atoms with Crippen molar-refractivity contribution < 1.29 is 4.39 Å². The van der Waals surface area contributed by atoms with Crippen LogP contribution in [0.25, 0.3) is 0 Å². The molecule has 19 heavy (non-hydrogen) atoms. The van der Waals surface area contributed by atoms with E-state index in [1.807, 2.05) is 30.3 Å². The molecule has 0 amide bonds. The maximum Gasteiger partial charge on any atom is 0.160 e. The van der Waals surface area contributed by atoms with Gasteiger partial charge in [-0.1, -0.05) is 36.4 Å². The number of halogens is 1. The first-order chi connectivity index (χ1) is 9.24. The van der Waals surface area contributed by atoms with Gasteiger partial charge in [-0.25, -0.2) is 4.39 Å². The van der Waals surface area contributed by atoms with Gasteiger partial charge in [-0.2, -0.15) is 0 Å². The molecule has 0 bridgehead atoms. The zero-order valence-corrected chi connectivity index (χ0v) is 11.6. The zero-order valence-electron chi connectivity index (χ0n) is 10.8. The fraction of sp³-hybridized carbons (Fsp3) is 0.250. The van der Waals surface area contributed by atoms with E-state index in [9.17, 15) is 4.39 Å². The third kappa shape index (κ3) is 2.61. The fourth-order valence-corrected chi connectivity index (χ4v) is 3.30. The van der Waals surface area contributed by atoms with Gasteiger partial charge in [-0.05, 0) is 30.5 Å². The SMILES string of the molecule is CC1Cc2ccc(SCc3ccccc3)c(F)c2N1. The molecule has 1 aliphatic rings. The first-order valence-electron chi connectivity index (χ1n) is 6.48. The molecule has 1 N–H and O–H groups in total. The molecule has 1 unspecified atom stereocenters. The van der Waals surface area contributed by atoms with Crippen LogP contribution in [-0.4, -0.2) is 6.04 Å². The van der Waals surface area contributed by atoms with Crippen LogP contribution in [0.2, 0.25) is 0 Å². The van der Waals surface area contributed by atoms with Crippen LogP contribution >= 0.6 is 11.8 Å². The third-order valence-electron chi connectivity index (χ3n) is 3.35. The second-order valence-corrected chi connectivity index (χ2v) is 5.95. The van der Waals surface area contributed by atoms with Gasteiger partial charge in [0.15, 0.2) is 5.82 Å². The van der Waals surface area contributed by atoms with Crippen molar-refractivity contribution in [2.75, 3.05) is 5.32 Å². The minimum absolute atomic E-state index is 0.0946. The molecule has 2 aromatic carbocycles. The molecule has 1 aliphatic heterocycles. The highest BCUT2D eigenvalue weighted by atomic mass is 32.2. The van der Waals surface area contributed by atoms with Gasteiger partial charge in [-0.15, -0.1) is 11.8 Å². The van der Waals surface area contributed by atoms with Crippen molar-refractivity contribution in [2.45, 2.75) is 30.0 Å². The lowest BCUT2D eigenvalue weighted by molar-refractivity contribution is 0.605. The Hall–Kier alpha value is -1.48. The Labute approximate surface area is 117 Å². The summed E-state index contributed by atoms with van der Waals surface area (Å²) in [6, 6.07) is 14.4. The largest absolute Gasteiger partial charge is 0.380 e. The predicted molar refractivity (Wildman–Crippen MR) is 79.2 cm³/mol. The van der Waals surface area contributed by atoms with Crippen LogP contribution < -0.4 is 5.32 Å². The average Bonchev–Trinajstić information content (AvgIpc) is 2.81. The first kappa shape index (κ1) is 12.5. The van der Waals surface area contributed by atoms with E-state index in [4.69, 9.17) is 0 Å². The van der Waals surface area contributed by atoms with Gasteiger partial charge < -0.3 is 5.32 Å². The summed E-state index contributed by atoms with van der Waals surface area (Å²) in [4.78, 5) is 0.726. The van der Waals surface area contributed by atoms with Crippen LogP contribution in [0.4, 0.5) is 10.1 Å². The summed E-state index contributed by atoms with van der Waals surface area (Å²) >= 11 is 1.55. The Kier molecular flexibility index (Phi) is 3.47. The fourth-order valence-electron chi connectivity index (χ4n) is 2.40. The van der Waals surface area contributed by atoms with Gasteiger partial charge in [0.25, 0.3) is 0 Å². The van der Waals surface area contributed by atoms with Gasteiger partial charge in [0.2, 0.25) is 0 Å². The lowest BCUT2D eigenvalue weighted by Gasteiger charge is -2.08. The quantitative estimate of drug-likeness (QED) is 0.828. The molecule has 0 spiro atoms. The summed E-state index contributed by atoms with van der Waals surface area (Å²) in [5.41, 5.74) is 3.01. The number of nitrogens with one attached hydrogen (secondary N) is 1. The maximum atomic E-state index is 14.4. The molecule has 1 heterocycles. The summed E-state index contributed by atoms with van der Waals surface area (Å²) in [5.74, 6) is 0.703. The molecule has 0 fully saturated rings. The van der Waals surface area contributed by atoms with E-state index in [0.717, 1.165) is 22.6 Å². The Morgan fingerprint density at radius 1 is 1.21 bits per heavy atom. The third-order valence-corrected chi connectivity index (χ3v) is 4.45. The second kappa shape index (κ2) is 5.25. The highest BCUT2D eigenvalue weighted by molar-refractivity contribution is 7.98. The molecule has 2 aromatic rings. The standard InChI is InChI=1S/C16H16FNS/c1-11-9-13-7-8-14(15(17)16(13)18-11)19-10-12-5-3-2-4-6-12/h2-8,11,18H,9-10H2,1H3. The van der Waals surface area contributed by atoms with Crippen LogP contribution in [0.15, 0.2) is 47.4 Å². The van der Waals surface area contributed by atoms with E-state index < -0.39 is 0 Å². The minimum atomic E-state index is -0.0946. The van der Waals surface area contributed by atoms with Gasteiger partial charge >= 0.3 is 0 Å². The van der Waals surface area contributed by atoms with Gasteiger partial charge in [-0.3, -0.25) is 0 Å². The van der Waals surface area contributed by atoms with Crippen molar-refractivity contribution in [3.8, 4) is 0 Å². The van der Waals surface area contributed by atoms with Gasteiger partial charge in [0, 0.05) is 16.7 Å². The molecular weight excluding hydrogens is 257 g/mol. The summed E-state index contributed by atoms with van der Waals surface area (Å²) < 4.78 is 14.4. The van der Waals surface area contributed by atoms with E-state index >= 15 is 0 Å². The van der Waals surface area contributed by atoms with Crippen LogP contribution in [-0.2, 0) is 12.2 Å². The van der Waals surface area contributed by atoms with E-state index in [0.29, 0.717) is 11.7 Å². The Morgan fingerprint density at radius 2 is 2.00 bits per heavy atom. The molecule has 98 valence electrons. The Morgan fingerprint density at radius 3 is 2.79 bits per heavy atom. The van der Waals surface area contributed by atoms with Crippen molar-refractivity contribution in [3.05, 3.63) is 59.4 Å². The Bertz CT molecular complexity index is 583. The highest BCUT2D eigenvalue weighted by Crippen LogP contribution is 2.35. The van der Waals surface area contributed by atoms with E-state index in [-0.39, 0.29) is 5.82 Å². The molecule has 0 aliphatic carbocycles. The lowest BCUT2D eigenvalue weighted by atomic mass is 10.1. The predicted octanol–water partition coefficient (Wildman–Crippen LogP) is 4.47. The normalized spacial score (nSPS) is 17.1. The average molecular weight is 273 g/mol. The van der Waals surface area contributed by atoms with E-state index in [2.05, 4.69) is 24.4 Å². The summed E-state index contributed by atoms with van der Waals surface area (Å²) in [6.07, 6.45) is 0.913. The highest BCUT2D eigenvalue weighted by Gasteiger charge is 2.22. The molecule has 0 saturated heterocycles. The number of fused-ring (bicyclic) bond motifs is 1. The van der Waals surface area contributed by atoms with Crippen LogP contribution in [0.5, 0.6) is 0 Å². The topological polar surface area (TPSA) is 12.0 Å². The molecule has 0 radical (unpaired) electrons. The van der Waals surface area contributed by atoms with Crippen LogP contribution in [0, 0.1) is 5.82 Å². The molecule has 1 atom stereocenters. The van der Waals surface area contributed by atoms with Crippen molar-refractivity contribution in [3.63, 3.8) is 0 Å². The van der Waals surface area contributed by atoms with E-state index in [1.54, 1.807) is 11.8 Å². The second-order valence-electron chi connectivity index (χ2n) is 4.94. The molecular formula is C16H16FNS. The van der Waals surface area contributed by atoms with Crippen molar-refractivity contribution >= 4 is 17.4 Å². The lowest BCUT2D eigenvalue weighted by Crippen LogP contribution is -2.09. The van der Waals surface area contributed by atoms with Crippen LogP contribution in [0.3, 0.4) is 0 Å². The van der Waals surface area contributed by atoms with Gasteiger partial charge in [0.05, 0.1) is 5.69 Å². The number of benzene rings is 2. The van der Waals surface area contributed by atoms with E-state index in [1.165, 1.54) is 5.56 Å². The smallest absolute Gasteiger partial charge is 0.160 e. The van der Waals surface area contributed by atoms with Crippen molar-refractivity contribution in [2.24, 2.45) is 0 Å². The van der Waals surface area contributed by atoms with Gasteiger partial charge in [0.1, 0.15) is 0 Å². The zero-order chi connectivity index (χ0) is 13.2.